The van der Waals surface area contributed by atoms with Crippen molar-refractivity contribution in [3.63, 3.8) is 0 Å². The quantitative estimate of drug-likeness (QED) is 0.0199. The van der Waals surface area contributed by atoms with Crippen molar-refractivity contribution in [3.8, 4) is 0 Å². The molecular weight excluding hydrogens is 901 g/mol. The van der Waals surface area contributed by atoms with Crippen LogP contribution in [0.4, 0.5) is 0 Å². The highest BCUT2D eigenvalue weighted by atomic mass is 16.6. The van der Waals surface area contributed by atoms with Crippen LogP contribution in [0.15, 0.2) is 72.9 Å². The second-order valence-corrected chi connectivity index (χ2v) is 21.0. The smallest absolute Gasteiger partial charge is 0.306 e. The van der Waals surface area contributed by atoms with Crippen LogP contribution < -0.4 is 0 Å². The van der Waals surface area contributed by atoms with Gasteiger partial charge in [-0.3, -0.25) is 14.4 Å². The number of esters is 3. The minimum absolute atomic E-state index is 0.0903. The van der Waals surface area contributed by atoms with Gasteiger partial charge in [0, 0.05) is 19.3 Å². The van der Waals surface area contributed by atoms with Crippen LogP contribution in [0.2, 0.25) is 0 Å². The normalized spacial score (nSPS) is 12.5. The Morgan fingerprint density at radius 3 is 0.808 bits per heavy atom. The molecule has 0 N–H and O–H groups in total. The van der Waals surface area contributed by atoms with Gasteiger partial charge in [0.05, 0.1) is 0 Å². The zero-order valence-corrected chi connectivity index (χ0v) is 48.4. The Kier molecular flexibility index (Phi) is 58.7. The Balaban J connectivity index is 4.44. The molecule has 0 amide bonds. The van der Waals surface area contributed by atoms with Gasteiger partial charge in [0.15, 0.2) is 6.10 Å². The maximum Gasteiger partial charge on any atom is 0.306 e. The van der Waals surface area contributed by atoms with Crippen LogP contribution in [0.25, 0.3) is 0 Å². The van der Waals surface area contributed by atoms with Gasteiger partial charge in [0.1, 0.15) is 13.2 Å². The van der Waals surface area contributed by atoms with E-state index in [1.54, 1.807) is 0 Å². The van der Waals surface area contributed by atoms with Gasteiger partial charge in [-0.25, -0.2) is 0 Å². The summed E-state index contributed by atoms with van der Waals surface area (Å²) >= 11 is 0. The number of carbonyl (C=O) groups excluding carboxylic acids is 3. The van der Waals surface area contributed by atoms with Gasteiger partial charge in [-0.1, -0.05) is 273 Å². The Bertz CT molecular complexity index is 1360. The van der Waals surface area contributed by atoms with E-state index >= 15 is 0 Å². The summed E-state index contributed by atoms with van der Waals surface area (Å²) in [6.45, 7) is 6.62. The van der Waals surface area contributed by atoms with E-state index < -0.39 is 6.10 Å². The van der Waals surface area contributed by atoms with Crippen LogP contribution in [0.3, 0.4) is 0 Å². The lowest BCUT2D eigenvalue weighted by Crippen LogP contribution is -2.30. The molecule has 0 aromatic heterocycles. The van der Waals surface area contributed by atoms with Gasteiger partial charge in [-0.05, 0) is 96.3 Å². The molecule has 1 atom stereocenters. The molecule has 73 heavy (non-hydrogen) atoms. The van der Waals surface area contributed by atoms with Gasteiger partial charge >= 0.3 is 17.9 Å². The molecule has 6 nitrogen and oxygen atoms in total. The third-order valence-corrected chi connectivity index (χ3v) is 13.7. The molecule has 0 aliphatic rings. The van der Waals surface area contributed by atoms with Crippen molar-refractivity contribution in [1.29, 1.82) is 0 Å². The number of rotatable bonds is 57. The van der Waals surface area contributed by atoms with E-state index in [4.69, 9.17) is 14.2 Å². The molecule has 0 saturated heterocycles. The van der Waals surface area contributed by atoms with Crippen LogP contribution in [0.5, 0.6) is 0 Å². The standard InChI is InChI=1S/C67H118O6/c1-4-7-10-13-16-19-22-25-28-31-34-37-39-42-45-48-51-54-57-60-66(69)72-63-64(73-67(70)61-58-55-52-49-46-43-40-36-33-30-27-24-21-18-15-12-9-6-3)62-71-65(68)59-56-53-50-47-44-41-38-35-32-29-26-23-20-17-14-11-8-5-2/h24,27,29-36,38,40,64H,4-23,25-26,28,37,39,41-63H2,1-3H3/b27-24-,32-29-,33-30-,34-31-,38-35-,40-36-. The molecule has 0 aliphatic carbocycles. The number of hydrogen-bond acceptors (Lipinski definition) is 6. The minimum atomic E-state index is -0.796. The van der Waals surface area contributed by atoms with E-state index in [9.17, 15) is 14.4 Å². The average Bonchev–Trinajstić information content (AvgIpc) is 3.39. The molecule has 0 aromatic carbocycles. The lowest BCUT2D eigenvalue weighted by Gasteiger charge is -2.18. The number of carbonyl (C=O) groups is 3. The van der Waals surface area contributed by atoms with E-state index in [1.807, 2.05) is 0 Å². The summed E-state index contributed by atoms with van der Waals surface area (Å²) in [4.78, 5) is 38.3. The van der Waals surface area contributed by atoms with Gasteiger partial charge in [0.2, 0.25) is 0 Å². The summed E-state index contributed by atoms with van der Waals surface area (Å²) in [5.74, 6) is -0.917. The predicted octanol–water partition coefficient (Wildman–Crippen LogP) is 21.3. The van der Waals surface area contributed by atoms with Crippen molar-refractivity contribution in [1.82, 2.24) is 0 Å². The first kappa shape index (κ1) is 69.8. The van der Waals surface area contributed by atoms with Crippen molar-refractivity contribution in [2.45, 2.75) is 322 Å². The van der Waals surface area contributed by atoms with Crippen LogP contribution in [0, 0.1) is 0 Å². The lowest BCUT2D eigenvalue weighted by molar-refractivity contribution is -0.167. The summed E-state index contributed by atoms with van der Waals surface area (Å²) in [6.07, 6.45) is 78.9. The molecule has 1 unspecified atom stereocenters. The number of allylic oxidation sites excluding steroid dienone is 12. The summed E-state index contributed by atoms with van der Waals surface area (Å²) in [6, 6.07) is 0. The Morgan fingerprint density at radius 2 is 0.507 bits per heavy atom. The highest BCUT2D eigenvalue weighted by Gasteiger charge is 2.19. The molecule has 0 radical (unpaired) electrons. The first-order chi connectivity index (χ1) is 36.0. The molecule has 0 rings (SSSR count). The Labute approximate surface area is 453 Å². The van der Waals surface area contributed by atoms with E-state index in [-0.39, 0.29) is 31.1 Å². The topological polar surface area (TPSA) is 78.9 Å². The third-order valence-electron chi connectivity index (χ3n) is 13.7. The van der Waals surface area contributed by atoms with E-state index in [0.29, 0.717) is 19.3 Å². The van der Waals surface area contributed by atoms with Gasteiger partial charge in [-0.2, -0.15) is 0 Å². The fraction of sp³-hybridized carbons (Fsp3) is 0.776. The maximum absolute atomic E-state index is 12.9. The van der Waals surface area contributed by atoms with Crippen LogP contribution in [-0.4, -0.2) is 37.2 Å². The molecule has 0 aromatic rings. The predicted molar refractivity (Wildman–Crippen MR) is 316 cm³/mol. The monoisotopic (exact) mass is 1020 g/mol. The number of hydrogen-bond donors (Lipinski definition) is 0. The largest absolute Gasteiger partial charge is 0.462 e. The van der Waals surface area contributed by atoms with Crippen molar-refractivity contribution in [2.75, 3.05) is 13.2 Å². The molecule has 6 heteroatoms. The first-order valence-corrected chi connectivity index (χ1v) is 31.5. The second-order valence-electron chi connectivity index (χ2n) is 21.0. The number of unbranched alkanes of at least 4 members (excludes halogenated alkanes) is 37. The zero-order chi connectivity index (χ0) is 52.9. The summed E-state index contributed by atoms with van der Waals surface area (Å²) < 4.78 is 16.9. The molecule has 0 heterocycles. The molecule has 0 fully saturated rings. The Morgan fingerprint density at radius 1 is 0.274 bits per heavy atom. The van der Waals surface area contributed by atoms with E-state index in [0.717, 1.165) is 103 Å². The zero-order valence-electron chi connectivity index (χ0n) is 48.4. The second kappa shape index (κ2) is 61.4. The minimum Gasteiger partial charge on any atom is -0.462 e. The van der Waals surface area contributed by atoms with Gasteiger partial charge in [0.25, 0.3) is 0 Å². The van der Waals surface area contributed by atoms with Crippen molar-refractivity contribution < 1.29 is 28.6 Å². The SMILES string of the molecule is CCCCCCC\C=C/C=C\C=C/CCCCCCCC(=O)OC(COC(=O)CCCCCCC/C=C\C=C/CCCCCCCCC)COC(=O)CCCCCCCCC/C=C\CCCCCCCCCC. The lowest BCUT2D eigenvalue weighted by atomic mass is 10.1. The van der Waals surface area contributed by atoms with Crippen molar-refractivity contribution >= 4 is 17.9 Å². The van der Waals surface area contributed by atoms with E-state index in [2.05, 4.69) is 93.7 Å². The van der Waals surface area contributed by atoms with Crippen LogP contribution >= 0.6 is 0 Å². The molecule has 422 valence electrons. The number of ether oxygens (including phenoxy) is 3. The molecule has 0 bridgehead atoms. The maximum atomic E-state index is 12.9. The summed E-state index contributed by atoms with van der Waals surface area (Å²) in [5.41, 5.74) is 0. The molecular formula is C67H118O6. The fourth-order valence-corrected chi connectivity index (χ4v) is 8.96. The van der Waals surface area contributed by atoms with Crippen LogP contribution in [-0.2, 0) is 28.6 Å². The highest BCUT2D eigenvalue weighted by molar-refractivity contribution is 5.71. The molecule has 0 aliphatic heterocycles. The molecule has 0 spiro atoms. The van der Waals surface area contributed by atoms with E-state index in [1.165, 1.54) is 173 Å². The summed E-state index contributed by atoms with van der Waals surface area (Å²) in [7, 11) is 0. The molecule has 0 saturated carbocycles. The summed E-state index contributed by atoms with van der Waals surface area (Å²) in [5, 5.41) is 0. The third kappa shape index (κ3) is 59.6. The van der Waals surface area contributed by atoms with Gasteiger partial charge in [-0.15, -0.1) is 0 Å². The highest BCUT2D eigenvalue weighted by Crippen LogP contribution is 2.15. The van der Waals surface area contributed by atoms with Crippen molar-refractivity contribution in [2.24, 2.45) is 0 Å². The van der Waals surface area contributed by atoms with Gasteiger partial charge < -0.3 is 14.2 Å². The fourth-order valence-electron chi connectivity index (χ4n) is 8.96. The van der Waals surface area contributed by atoms with Crippen molar-refractivity contribution in [3.05, 3.63) is 72.9 Å². The Hall–Kier alpha value is -3.15. The van der Waals surface area contributed by atoms with Crippen LogP contribution in [0.1, 0.15) is 316 Å². The first-order valence-electron chi connectivity index (χ1n) is 31.5. The average molecular weight is 1020 g/mol.